The number of nitrogens with zero attached hydrogens (tertiary/aromatic N) is 3. The molecule has 3 aromatic carbocycles. The summed E-state index contributed by atoms with van der Waals surface area (Å²) in [7, 11) is -0.0960. The van der Waals surface area contributed by atoms with Crippen molar-refractivity contribution in [2.24, 2.45) is 5.10 Å². The number of amides is 1. The van der Waals surface area contributed by atoms with Crippen LogP contribution in [0.25, 0.3) is 5.69 Å². The summed E-state index contributed by atoms with van der Waals surface area (Å²) in [6.07, 6.45) is 1.53. The molecule has 0 aliphatic carbocycles. The molecule has 1 aromatic heterocycles. The molecule has 10 nitrogen and oxygen atoms in total. The van der Waals surface area contributed by atoms with Crippen molar-refractivity contribution in [1.29, 1.82) is 0 Å². The Morgan fingerprint density at radius 2 is 1.52 bits per heavy atom. The molecule has 0 saturated carbocycles. The SMILES string of the molecule is COc1ccc(S(=O)(=O)N(CC(=O)N/N=C\c2cc(C)n(-c3cc(C)cc(C)c3)c2C)c2cc(Cl)ccc2OC)cc1OC. The Balaban J connectivity index is 1.64. The molecule has 0 bridgehead atoms. The number of hydrazone groups is 1. The van der Waals surface area contributed by atoms with Crippen molar-refractivity contribution >= 4 is 39.4 Å². The number of hydrogen-bond donors (Lipinski definition) is 1. The standard InChI is InChI=1S/C32H35ClN4O6S/c1-20-12-21(2)14-26(13-20)37-22(3)15-24(23(37)4)18-34-35-32(38)19-36(28-16-25(33)8-10-29(28)41-5)44(39,40)27-9-11-30(42-6)31(17-27)43-7/h8-18H,19H2,1-7H3,(H,35,38)/b34-18-. The van der Waals surface area contributed by atoms with Crippen LogP contribution in [-0.2, 0) is 14.8 Å². The maximum absolute atomic E-state index is 14.0. The van der Waals surface area contributed by atoms with Crippen molar-refractivity contribution in [2.45, 2.75) is 32.6 Å². The third-order valence-electron chi connectivity index (χ3n) is 6.97. The lowest BCUT2D eigenvalue weighted by molar-refractivity contribution is -0.119. The summed E-state index contributed by atoms with van der Waals surface area (Å²) in [5.41, 5.74) is 8.61. The number of aromatic nitrogens is 1. The molecule has 0 fully saturated rings. The fraction of sp³-hybridized carbons (Fsp3) is 0.250. The second-order valence-corrected chi connectivity index (χ2v) is 12.4. The van der Waals surface area contributed by atoms with Crippen LogP contribution in [0.3, 0.4) is 0 Å². The molecule has 0 saturated heterocycles. The van der Waals surface area contributed by atoms with E-state index in [0.29, 0.717) is 5.75 Å². The van der Waals surface area contributed by atoms with E-state index in [1.807, 2.05) is 19.9 Å². The van der Waals surface area contributed by atoms with Crippen molar-refractivity contribution in [2.75, 3.05) is 32.2 Å². The van der Waals surface area contributed by atoms with Crippen LogP contribution in [0.2, 0.25) is 5.02 Å². The van der Waals surface area contributed by atoms with E-state index in [0.717, 1.165) is 38.1 Å². The van der Waals surface area contributed by atoms with Crippen molar-refractivity contribution in [3.05, 3.63) is 93.8 Å². The molecule has 1 amide bonds. The molecule has 4 rings (SSSR count). The van der Waals surface area contributed by atoms with Crippen LogP contribution in [-0.4, -0.2) is 53.0 Å². The summed E-state index contributed by atoms with van der Waals surface area (Å²) in [5, 5.41) is 4.40. The van der Waals surface area contributed by atoms with Gasteiger partial charge in [-0.15, -0.1) is 0 Å². The Bertz CT molecular complexity index is 1810. The topological polar surface area (TPSA) is 111 Å². The van der Waals surface area contributed by atoms with E-state index >= 15 is 0 Å². The van der Waals surface area contributed by atoms with Gasteiger partial charge in [-0.05, 0) is 87.4 Å². The molecule has 232 valence electrons. The highest BCUT2D eigenvalue weighted by Gasteiger charge is 2.30. The molecule has 0 radical (unpaired) electrons. The number of carbonyl (C=O) groups is 1. The molecule has 44 heavy (non-hydrogen) atoms. The van der Waals surface area contributed by atoms with Gasteiger partial charge in [0.2, 0.25) is 0 Å². The molecule has 0 aliphatic heterocycles. The summed E-state index contributed by atoms with van der Waals surface area (Å²) in [4.78, 5) is 13.1. The van der Waals surface area contributed by atoms with E-state index in [1.165, 1.54) is 57.9 Å². The number of aryl methyl sites for hydroxylation is 3. The second-order valence-electron chi connectivity index (χ2n) is 10.1. The monoisotopic (exact) mass is 638 g/mol. The number of sulfonamides is 1. The predicted molar refractivity (Wildman–Crippen MR) is 173 cm³/mol. The molecule has 4 aromatic rings. The van der Waals surface area contributed by atoms with Crippen LogP contribution in [0.4, 0.5) is 5.69 Å². The predicted octanol–water partition coefficient (Wildman–Crippen LogP) is 5.74. The van der Waals surface area contributed by atoms with Crippen molar-refractivity contribution in [3.8, 4) is 22.9 Å². The number of ether oxygens (including phenoxy) is 3. The van der Waals surface area contributed by atoms with Crippen LogP contribution >= 0.6 is 11.6 Å². The Hall–Kier alpha value is -4.48. The molecular formula is C32H35ClN4O6S. The number of hydrogen-bond acceptors (Lipinski definition) is 7. The van der Waals surface area contributed by atoms with Gasteiger partial charge in [0.15, 0.2) is 11.5 Å². The summed E-state index contributed by atoms with van der Waals surface area (Å²) < 4.78 is 47.0. The number of anilines is 1. The van der Waals surface area contributed by atoms with E-state index in [1.54, 1.807) is 6.07 Å². The van der Waals surface area contributed by atoms with Crippen LogP contribution in [0.1, 0.15) is 28.1 Å². The normalized spacial score (nSPS) is 11.5. The second kappa shape index (κ2) is 13.4. The molecule has 0 atom stereocenters. The van der Waals surface area contributed by atoms with E-state index < -0.39 is 22.5 Å². The minimum absolute atomic E-state index is 0.0749. The third kappa shape index (κ3) is 6.84. The van der Waals surface area contributed by atoms with Gasteiger partial charge < -0.3 is 18.8 Å². The highest BCUT2D eigenvalue weighted by Crippen LogP contribution is 2.37. The lowest BCUT2D eigenvalue weighted by Crippen LogP contribution is -2.39. The summed E-state index contributed by atoms with van der Waals surface area (Å²) in [6.45, 7) is 7.45. The van der Waals surface area contributed by atoms with Crippen LogP contribution in [0.15, 0.2) is 70.7 Å². The average Bonchev–Trinajstić information content (AvgIpc) is 3.26. The first kappa shape index (κ1) is 32.4. The maximum Gasteiger partial charge on any atom is 0.265 e. The molecule has 1 N–H and O–H groups in total. The molecule has 12 heteroatoms. The number of methoxy groups -OCH3 is 3. The van der Waals surface area contributed by atoms with Crippen LogP contribution in [0, 0.1) is 27.7 Å². The number of rotatable bonds is 11. The minimum atomic E-state index is -4.34. The fourth-order valence-corrected chi connectivity index (χ4v) is 6.60. The van der Waals surface area contributed by atoms with Gasteiger partial charge in [0.25, 0.3) is 15.9 Å². The zero-order valence-electron chi connectivity index (χ0n) is 25.6. The zero-order chi connectivity index (χ0) is 32.2. The highest BCUT2D eigenvalue weighted by molar-refractivity contribution is 7.92. The Morgan fingerprint density at radius 3 is 2.16 bits per heavy atom. The van der Waals surface area contributed by atoms with Crippen molar-refractivity contribution < 1.29 is 27.4 Å². The quantitative estimate of drug-likeness (QED) is 0.166. The third-order valence-corrected chi connectivity index (χ3v) is 8.96. The van der Waals surface area contributed by atoms with Gasteiger partial charge in [0.05, 0.1) is 38.1 Å². The van der Waals surface area contributed by atoms with Gasteiger partial charge in [-0.1, -0.05) is 17.7 Å². The van der Waals surface area contributed by atoms with E-state index in [4.69, 9.17) is 25.8 Å². The molecule has 0 aliphatic rings. The molecule has 0 unspecified atom stereocenters. The molecule has 1 heterocycles. The van der Waals surface area contributed by atoms with Gasteiger partial charge in [-0.25, -0.2) is 13.8 Å². The van der Waals surface area contributed by atoms with Crippen molar-refractivity contribution in [3.63, 3.8) is 0 Å². The Morgan fingerprint density at radius 1 is 0.886 bits per heavy atom. The Kier molecular flexibility index (Phi) is 9.91. The number of nitrogens with one attached hydrogen (secondary N) is 1. The largest absolute Gasteiger partial charge is 0.495 e. The van der Waals surface area contributed by atoms with Gasteiger partial charge in [0.1, 0.15) is 12.3 Å². The summed E-state index contributed by atoms with van der Waals surface area (Å²) in [5.74, 6) is 0.0744. The molecule has 0 spiro atoms. The lowest BCUT2D eigenvalue weighted by atomic mass is 10.1. The van der Waals surface area contributed by atoms with Gasteiger partial charge in [0, 0.05) is 33.7 Å². The van der Waals surface area contributed by atoms with Gasteiger partial charge in [-0.2, -0.15) is 5.10 Å². The zero-order valence-corrected chi connectivity index (χ0v) is 27.2. The van der Waals surface area contributed by atoms with E-state index in [2.05, 4.69) is 47.1 Å². The lowest BCUT2D eigenvalue weighted by Gasteiger charge is -2.25. The average molecular weight is 639 g/mol. The molecular weight excluding hydrogens is 604 g/mol. The minimum Gasteiger partial charge on any atom is -0.495 e. The Labute approximate surface area is 262 Å². The van der Waals surface area contributed by atoms with E-state index in [-0.39, 0.29) is 27.1 Å². The summed E-state index contributed by atoms with van der Waals surface area (Å²) >= 11 is 6.24. The smallest absolute Gasteiger partial charge is 0.265 e. The van der Waals surface area contributed by atoms with Gasteiger partial charge in [-0.3, -0.25) is 9.10 Å². The van der Waals surface area contributed by atoms with Crippen LogP contribution < -0.4 is 23.9 Å². The highest BCUT2D eigenvalue weighted by atomic mass is 35.5. The van der Waals surface area contributed by atoms with Crippen LogP contribution in [0.5, 0.6) is 17.2 Å². The van der Waals surface area contributed by atoms with Crippen molar-refractivity contribution in [1.82, 2.24) is 9.99 Å². The summed E-state index contributed by atoms with van der Waals surface area (Å²) in [6, 6.07) is 16.9. The number of carbonyl (C=O) groups excluding carboxylic acids is 1. The first-order valence-corrected chi connectivity index (χ1v) is 15.4. The fourth-order valence-electron chi connectivity index (χ4n) is 5.00. The number of benzene rings is 3. The van der Waals surface area contributed by atoms with E-state index in [9.17, 15) is 13.2 Å². The first-order chi connectivity index (χ1) is 20.9. The number of halogens is 1. The first-order valence-electron chi connectivity index (χ1n) is 13.6. The van der Waals surface area contributed by atoms with Gasteiger partial charge >= 0.3 is 0 Å². The maximum atomic E-state index is 14.0.